The number of carbonyl (C=O) groups excluding carboxylic acids is 1. The summed E-state index contributed by atoms with van der Waals surface area (Å²) in [4.78, 5) is 22.8. The molecule has 2 rings (SSSR count). The second-order valence-electron chi connectivity index (χ2n) is 4.45. The van der Waals surface area contributed by atoms with Gasteiger partial charge in [0.05, 0.1) is 6.04 Å². The Morgan fingerprint density at radius 2 is 1.94 bits per heavy atom. The molecule has 0 unspecified atom stereocenters. The van der Waals surface area contributed by atoms with Gasteiger partial charge in [0.15, 0.2) is 5.72 Å². The van der Waals surface area contributed by atoms with Crippen molar-refractivity contribution in [2.75, 3.05) is 0 Å². The Hall–Kier alpha value is -2.08. The lowest BCUT2D eigenvalue weighted by Gasteiger charge is -2.41. The van der Waals surface area contributed by atoms with E-state index in [1.54, 1.807) is 30.3 Å². The van der Waals surface area contributed by atoms with Gasteiger partial charge in [-0.25, -0.2) is 4.79 Å². The molecule has 1 saturated heterocycles. The number of aliphatic hydroxyl groups is 1. The fourth-order valence-electron chi connectivity index (χ4n) is 2.21. The van der Waals surface area contributed by atoms with Crippen molar-refractivity contribution in [1.82, 2.24) is 10.6 Å². The first kappa shape index (κ1) is 12.4. The number of rotatable bonds is 2. The van der Waals surface area contributed by atoms with Gasteiger partial charge in [-0.15, -0.1) is 0 Å². The van der Waals surface area contributed by atoms with Crippen LogP contribution in [0, 0.1) is 5.92 Å². The van der Waals surface area contributed by atoms with E-state index in [1.807, 2.05) is 0 Å². The minimum Gasteiger partial charge on any atom is -0.481 e. The molecule has 0 saturated carbocycles. The van der Waals surface area contributed by atoms with Crippen molar-refractivity contribution in [2.45, 2.75) is 18.7 Å². The van der Waals surface area contributed by atoms with Crippen LogP contribution in [0.15, 0.2) is 30.3 Å². The molecule has 0 radical (unpaired) electrons. The van der Waals surface area contributed by atoms with Gasteiger partial charge >= 0.3 is 12.0 Å². The van der Waals surface area contributed by atoms with Crippen LogP contribution in [0.25, 0.3) is 0 Å². The molecule has 18 heavy (non-hydrogen) atoms. The summed E-state index contributed by atoms with van der Waals surface area (Å²) in [5.41, 5.74) is -1.16. The average molecular weight is 250 g/mol. The number of carboxylic acids is 1. The first-order valence-corrected chi connectivity index (χ1v) is 5.50. The molecule has 1 aromatic carbocycles. The van der Waals surface area contributed by atoms with Crippen molar-refractivity contribution < 1.29 is 19.8 Å². The number of aliphatic carboxylic acids is 1. The number of urea groups is 1. The molecule has 1 aromatic rings. The Labute approximate surface area is 104 Å². The molecule has 96 valence electrons. The highest BCUT2D eigenvalue weighted by molar-refractivity contribution is 5.82. The number of carbonyl (C=O) groups is 2. The van der Waals surface area contributed by atoms with Crippen LogP contribution in [-0.4, -0.2) is 27.9 Å². The van der Waals surface area contributed by atoms with E-state index in [4.69, 9.17) is 0 Å². The molecule has 0 bridgehead atoms. The molecule has 0 aromatic heterocycles. The highest BCUT2D eigenvalue weighted by Gasteiger charge is 2.49. The third kappa shape index (κ3) is 2.14. The highest BCUT2D eigenvalue weighted by atomic mass is 16.4. The van der Waals surface area contributed by atoms with Crippen molar-refractivity contribution in [3.63, 3.8) is 0 Å². The minimum atomic E-state index is -1.80. The summed E-state index contributed by atoms with van der Waals surface area (Å²) in [6, 6.07) is 7.35. The Kier molecular flexibility index (Phi) is 2.96. The third-order valence-electron chi connectivity index (χ3n) is 3.02. The maximum absolute atomic E-state index is 11.5. The van der Waals surface area contributed by atoms with Crippen LogP contribution >= 0.6 is 0 Å². The maximum atomic E-state index is 11.5. The molecule has 2 amide bonds. The zero-order chi connectivity index (χ0) is 13.3. The molecule has 6 heteroatoms. The van der Waals surface area contributed by atoms with E-state index in [2.05, 4.69) is 10.6 Å². The van der Waals surface area contributed by atoms with Gasteiger partial charge in [-0.1, -0.05) is 30.3 Å². The van der Waals surface area contributed by atoms with Gasteiger partial charge in [0.25, 0.3) is 0 Å². The summed E-state index contributed by atoms with van der Waals surface area (Å²) in [5.74, 6) is -2.35. The van der Waals surface area contributed by atoms with Crippen LogP contribution in [0.5, 0.6) is 0 Å². The van der Waals surface area contributed by atoms with E-state index in [0.717, 1.165) is 0 Å². The average Bonchev–Trinajstić information content (AvgIpc) is 2.27. The summed E-state index contributed by atoms with van der Waals surface area (Å²) in [6.07, 6.45) is 0. The van der Waals surface area contributed by atoms with Crippen LogP contribution in [0.3, 0.4) is 0 Å². The number of carboxylic acid groups (broad SMARTS) is 1. The number of nitrogens with one attached hydrogen (secondary N) is 2. The number of hydrogen-bond donors (Lipinski definition) is 4. The lowest BCUT2D eigenvalue weighted by Crippen LogP contribution is -2.65. The summed E-state index contributed by atoms with van der Waals surface area (Å²) in [6.45, 7) is 1.28. The van der Waals surface area contributed by atoms with Gasteiger partial charge in [0.1, 0.15) is 5.92 Å². The van der Waals surface area contributed by atoms with Crippen molar-refractivity contribution in [2.24, 2.45) is 5.92 Å². The van der Waals surface area contributed by atoms with E-state index in [1.165, 1.54) is 6.92 Å². The van der Waals surface area contributed by atoms with Gasteiger partial charge < -0.3 is 20.8 Å². The standard InChI is InChI=1S/C12H14N2O4/c1-12(18)8(10(15)16)9(13-11(17)14-12)7-5-3-2-4-6-7/h2-6,8-9,18H,1H3,(H,15,16)(H2,13,14,17)/t8-,9+,12+/m0/s1. The fourth-order valence-corrected chi connectivity index (χ4v) is 2.21. The van der Waals surface area contributed by atoms with Crippen LogP contribution in [0.2, 0.25) is 0 Å². The van der Waals surface area contributed by atoms with Crippen LogP contribution < -0.4 is 10.6 Å². The summed E-state index contributed by atoms with van der Waals surface area (Å²) >= 11 is 0. The first-order valence-electron chi connectivity index (χ1n) is 5.50. The molecule has 1 aliphatic heterocycles. The maximum Gasteiger partial charge on any atom is 0.317 e. The van der Waals surface area contributed by atoms with E-state index in [-0.39, 0.29) is 0 Å². The van der Waals surface area contributed by atoms with Crippen LogP contribution in [-0.2, 0) is 4.79 Å². The molecule has 1 aliphatic rings. The summed E-state index contributed by atoms with van der Waals surface area (Å²) in [7, 11) is 0. The SMILES string of the molecule is C[C@]1(O)NC(=O)N[C@H](c2ccccc2)[C@H]1C(=O)O. The first-order chi connectivity index (χ1) is 8.42. The van der Waals surface area contributed by atoms with E-state index in [0.29, 0.717) is 5.56 Å². The quantitative estimate of drug-likeness (QED) is 0.612. The van der Waals surface area contributed by atoms with Crippen molar-refractivity contribution in [3.05, 3.63) is 35.9 Å². The molecular formula is C12H14N2O4. The number of benzene rings is 1. The predicted molar refractivity (Wildman–Crippen MR) is 62.6 cm³/mol. The Morgan fingerprint density at radius 3 is 2.50 bits per heavy atom. The number of amides is 2. The Morgan fingerprint density at radius 1 is 1.33 bits per heavy atom. The smallest absolute Gasteiger partial charge is 0.317 e. The summed E-state index contributed by atoms with van der Waals surface area (Å²) in [5, 5.41) is 24.0. The molecule has 4 N–H and O–H groups in total. The normalized spacial score (nSPS) is 31.3. The third-order valence-corrected chi connectivity index (χ3v) is 3.02. The van der Waals surface area contributed by atoms with Crippen molar-refractivity contribution >= 4 is 12.0 Å². The molecule has 6 nitrogen and oxygen atoms in total. The second-order valence-corrected chi connectivity index (χ2v) is 4.45. The minimum absolute atomic E-state index is 0.591. The lowest BCUT2D eigenvalue weighted by molar-refractivity contribution is -0.156. The molecule has 1 heterocycles. The van der Waals surface area contributed by atoms with E-state index >= 15 is 0 Å². The van der Waals surface area contributed by atoms with Crippen LogP contribution in [0.4, 0.5) is 4.79 Å². The molecule has 0 aliphatic carbocycles. The van der Waals surface area contributed by atoms with E-state index < -0.39 is 29.7 Å². The molecule has 3 atom stereocenters. The topological polar surface area (TPSA) is 98.7 Å². The van der Waals surface area contributed by atoms with Crippen molar-refractivity contribution in [1.29, 1.82) is 0 Å². The molecule has 1 fully saturated rings. The number of hydrogen-bond acceptors (Lipinski definition) is 3. The molecular weight excluding hydrogens is 236 g/mol. The molecule has 0 spiro atoms. The zero-order valence-corrected chi connectivity index (χ0v) is 9.75. The largest absolute Gasteiger partial charge is 0.481 e. The van der Waals surface area contributed by atoms with Gasteiger partial charge in [0, 0.05) is 0 Å². The van der Waals surface area contributed by atoms with Gasteiger partial charge in [0.2, 0.25) is 0 Å². The monoisotopic (exact) mass is 250 g/mol. The fraction of sp³-hybridized carbons (Fsp3) is 0.333. The van der Waals surface area contributed by atoms with Crippen molar-refractivity contribution in [3.8, 4) is 0 Å². The Balaban J connectivity index is 2.42. The van der Waals surface area contributed by atoms with Gasteiger partial charge in [-0.3, -0.25) is 4.79 Å². The predicted octanol–water partition coefficient (Wildman–Crippen LogP) is 0.450. The lowest BCUT2D eigenvalue weighted by atomic mass is 9.83. The van der Waals surface area contributed by atoms with Gasteiger partial charge in [-0.2, -0.15) is 0 Å². The van der Waals surface area contributed by atoms with Gasteiger partial charge in [-0.05, 0) is 12.5 Å². The summed E-state index contributed by atoms with van der Waals surface area (Å²) < 4.78 is 0. The highest BCUT2D eigenvalue weighted by Crippen LogP contribution is 2.32. The Bertz CT molecular complexity index is 472. The van der Waals surface area contributed by atoms with E-state index in [9.17, 15) is 19.8 Å². The van der Waals surface area contributed by atoms with Crippen LogP contribution in [0.1, 0.15) is 18.5 Å². The zero-order valence-electron chi connectivity index (χ0n) is 9.75. The second kappa shape index (κ2) is 4.30.